The Morgan fingerprint density at radius 3 is 2.67 bits per heavy atom. The number of hydrogen-bond donors (Lipinski definition) is 2. The molecule has 1 aromatic carbocycles. The summed E-state index contributed by atoms with van der Waals surface area (Å²) >= 11 is 0. The monoisotopic (exact) mass is 238 g/mol. The van der Waals surface area contributed by atoms with Gasteiger partial charge in [-0.25, -0.2) is 0 Å². The maximum atomic E-state index is 10.7. The Morgan fingerprint density at radius 2 is 1.94 bits per heavy atom. The first-order chi connectivity index (χ1) is 8.69. The zero-order chi connectivity index (χ0) is 12.7. The molecular weight excluding hydrogens is 224 g/mol. The first-order valence-electron chi connectivity index (χ1n) is 5.92. The van der Waals surface area contributed by atoms with Gasteiger partial charge in [0.2, 0.25) is 0 Å². The summed E-state index contributed by atoms with van der Waals surface area (Å²) in [5.74, 6) is 0. The van der Waals surface area contributed by atoms with Crippen LogP contribution < -0.4 is 0 Å². The lowest BCUT2D eigenvalue weighted by atomic mass is 10.0. The molecule has 0 amide bonds. The van der Waals surface area contributed by atoms with Gasteiger partial charge in [0.25, 0.3) is 0 Å². The number of carbonyl (C=O) groups is 1. The van der Waals surface area contributed by atoms with Crippen LogP contribution in [0.4, 0.5) is 0 Å². The fraction of sp³-hybridized carbons (Fsp3) is 0.133. The Morgan fingerprint density at radius 1 is 1.11 bits per heavy atom. The molecule has 3 nitrogen and oxygen atoms in total. The Bertz CT molecular complexity index is 734. The Balaban J connectivity index is 2.17. The van der Waals surface area contributed by atoms with E-state index in [9.17, 15) is 4.79 Å². The number of aromatic amines is 2. The van der Waals surface area contributed by atoms with Crippen molar-refractivity contribution in [2.45, 2.75) is 13.8 Å². The predicted molar refractivity (Wildman–Crippen MR) is 72.9 cm³/mol. The van der Waals surface area contributed by atoms with Crippen LogP contribution in [0, 0.1) is 13.8 Å². The molecule has 0 saturated carbocycles. The van der Waals surface area contributed by atoms with Crippen molar-refractivity contribution >= 4 is 17.2 Å². The Hall–Kier alpha value is -2.29. The molecule has 0 fully saturated rings. The first-order valence-corrected chi connectivity index (χ1v) is 5.92. The van der Waals surface area contributed by atoms with Gasteiger partial charge in [0, 0.05) is 22.8 Å². The van der Waals surface area contributed by atoms with Crippen LogP contribution in [-0.2, 0) is 0 Å². The van der Waals surface area contributed by atoms with Gasteiger partial charge in [0.15, 0.2) is 6.29 Å². The average Bonchev–Trinajstić information content (AvgIpc) is 2.96. The van der Waals surface area contributed by atoms with E-state index in [2.05, 4.69) is 42.0 Å². The number of benzene rings is 1. The molecule has 3 heteroatoms. The summed E-state index contributed by atoms with van der Waals surface area (Å²) in [6, 6.07) is 8.17. The van der Waals surface area contributed by atoms with Crippen molar-refractivity contribution in [3.05, 3.63) is 47.4 Å². The molecule has 2 N–H and O–H groups in total. The highest BCUT2D eigenvalue weighted by molar-refractivity contribution is 5.89. The van der Waals surface area contributed by atoms with Crippen LogP contribution in [0.15, 0.2) is 30.5 Å². The van der Waals surface area contributed by atoms with Gasteiger partial charge in [-0.05, 0) is 48.7 Å². The third-order valence-electron chi connectivity index (χ3n) is 3.47. The Kier molecular flexibility index (Phi) is 2.33. The van der Waals surface area contributed by atoms with E-state index in [-0.39, 0.29) is 0 Å². The van der Waals surface area contributed by atoms with Crippen LogP contribution >= 0.6 is 0 Å². The minimum absolute atomic E-state index is 0.604. The number of H-pyrrole nitrogens is 2. The second-order valence-electron chi connectivity index (χ2n) is 4.60. The maximum absolute atomic E-state index is 10.7. The predicted octanol–water partition coefficient (Wildman–Crippen LogP) is 3.59. The van der Waals surface area contributed by atoms with Gasteiger partial charge in [0.1, 0.15) is 0 Å². The van der Waals surface area contributed by atoms with Gasteiger partial charge in [-0.2, -0.15) is 0 Å². The number of nitrogens with one attached hydrogen (secondary N) is 2. The van der Waals surface area contributed by atoms with Crippen molar-refractivity contribution in [2.75, 3.05) is 0 Å². The molecule has 18 heavy (non-hydrogen) atoms. The molecule has 2 aromatic heterocycles. The SMILES string of the molecule is Cc1[nH]c2ccc(-c3c[nH]c(C=O)c3)cc2c1C. The topological polar surface area (TPSA) is 48.6 Å². The van der Waals surface area contributed by atoms with Crippen molar-refractivity contribution in [1.29, 1.82) is 0 Å². The molecule has 3 rings (SSSR count). The summed E-state index contributed by atoms with van der Waals surface area (Å²) in [5.41, 5.74) is 6.39. The molecule has 90 valence electrons. The fourth-order valence-electron chi connectivity index (χ4n) is 2.29. The molecule has 0 aliphatic rings. The van der Waals surface area contributed by atoms with E-state index in [0.29, 0.717) is 5.69 Å². The molecule has 0 aliphatic carbocycles. The van der Waals surface area contributed by atoms with Crippen molar-refractivity contribution in [1.82, 2.24) is 9.97 Å². The highest BCUT2D eigenvalue weighted by Gasteiger charge is 2.07. The van der Waals surface area contributed by atoms with E-state index in [1.807, 2.05) is 12.3 Å². The lowest BCUT2D eigenvalue weighted by Crippen LogP contribution is -1.76. The van der Waals surface area contributed by atoms with E-state index < -0.39 is 0 Å². The van der Waals surface area contributed by atoms with Crippen LogP contribution in [0.25, 0.3) is 22.0 Å². The molecule has 0 atom stereocenters. The summed E-state index contributed by atoms with van der Waals surface area (Å²) in [7, 11) is 0. The molecule has 0 unspecified atom stereocenters. The third-order valence-corrected chi connectivity index (χ3v) is 3.47. The van der Waals surface area contributed by atoms with Gasteiger partial charge in [-0.15, -0.1) is 0 Å². The maximum Gasteiger partial charge on any atom is 0.166 e. The lowest BCUT2D eigenvalue weighted by Gasteiger charge is -1.98. The van der Waals surface area contributed by atoms with Crippen molar-refractivity contribution in [2.24, 2.45) is 0 Å². The minimum Gasteiger partial charge on any atom is -0.358 e. The molecule has 0 aliphatic heterocycles. The highest BCUT2D eigenvalue weighted by atomic mass is 16.1. The lowest BCUT2D eigenvalue weighted by molar-refractivity contribution is 0.111. The smallest absolute Gasteiger partial charge is 0.166 e. The number of carbonyl (C=O) groups excluding carboxylic acids is 1. The van der Waals surface area contributed by atoms with Crippen LogP contribution in [0.2, 0.25) is 0 Å². The summed E-state index contributed by atoms with van der Waals surface area (Å²) in [5, 5.41) is 1.24. The molecular formula is C15H14N2O. The Labute approximate surface area is 105 Å². The summed E-state index contributed by atoms with van der Waals surface area (Å²) in [6.45, 7) is 4.20. The molecule has 0 saturated heterocycles. The van der Waals surface area contributed by atoms with Crippen LogP contribution in [0.1, 0.15) is 21.7 Å². The number of rotatable bonds is 2. The second kappa shape index (κ2) is 3.88. The number of aryl methyl sites for hydroxylation is 2. The number of fused-ring (bicyclic) bond motifs is 1. The fourth-order valence-corrected chi connectivity index (χ4v) is 2.29. The molecule has 2 heterocycles. The van der Waals surface area contributed by atoms with Crippen molar-refractivity contribution in [3.8, 4) is 11.1 Å². The van der Waals surface area contributed by atoms with Gasteiger partial charge in [0.05, 0.1) is 5.69 Å². The normalized spacial score (nSPS) is 11.0. The molecule has 0 bridgehead atoms. The number of aromatic nitrogens is 2. The van der Waals surface area contributed by atoms with E-state index in [4.69, 9.17) is 0 Å². The zero-order valence-corrected chi connectivity index (χ0v) is 10.4. The van der Waals surface area contributed by atoms with E-state index >= 15 is 0 Å². The van der Waals surface area contributed by atoms with E-state index in [1.165, 1.54) is 16.6 Å². The summed E-state index contributed by atoms with van der Waals surface area (Å²) < 4.78 is 0. The average molecular weight is 238 g/mol. The van der Waals surface area contributed by atoms with Crippen LogP contribution in [-0.4, -0.2) is 16.3 Å². The quantitative estimate of drug-likeness (QED) is 0.658. The number of hydrogen-bond acceptors (Lipinski definition) is 1. The second-order valence-corrected chi connectivity index (χ2v) is 4.60. The highest BCUT2D eigenvalue weighted by Crippen LogP contribution is 2.27. The largest absolute Gasteiger partial charge is 0.358 e. The van der Waals surface area contributed by atoms with Gasteiger partial charge in [-0.1, -0.05) is 6.07 Å². The van der Waals surface area contributed by atoms with Gasteiger partial charge >= 0.3 is 0 Å². The first kappa shape index (κ1) is 10.8. The minimum atomic E-state index is 0.604. The van der Waals surface area contributed by atoms with E-state index in [1.54, 1.807) is 0 Å². The van der Waals surface area contributed by atoms with Gasteiger partial charge in [-0.3, -0.25) is 4.79 Å². The van der Waals surface area contributed by atoms with Crippen LogP contribution in [0.3, 0.4) is 0 Å². The number of aldehydes is 1. The standard InChI is InChI=1S/C15H14N2O/c1-9-10(2)17-15-4-3-11(6-14(9)15)12-5-13(8-18)16-7-12/h3-8,16-17H,1-2H3. The van der Waals surface area contributed by atoms with Crippen molar-refractivity contribution < 1.29 is 4.79 Å². The molecule has 3 aromatic rings. The van der Waals surface area contributed by atoms with Crippen LogP contribution in [0.5, 0.6) is 0 Å². The zero-order valence-electron chi connectivity index (χ0n) is 10.4. The molecule has 0 spiro atoms. The van der Waals surface area contributed by atoms with Gasteiger partial charge < -0.3 is 9.97 Å². The summed E-state index contributed by atoms with van der Waals surface area (Å²) in [4.78, 5) is 17.0. The summed E-state index contributed by atoms with van der Waals surface area (Å²) in [6.07, 6.45) is 2.69. The van der Waals surface area contributed by atoms with E-state index in [0.717, 1.165) is 22.9 Å². The third kappa shape index (κ3) is 1.56. The molecule has 0 radical (unpaired) electrons. The van der Waals surface area contributed by atoms with Crippen molar-refractivity contribution in [3.63, 3.8) is 0 Å².